The van der Waals surface area contributed by atoms with Gasteiger partial charge in [-0.3, -0.25) is 0 Å². The van der Waals surface area contributed by atoms with Gasteiger partial charge in [-0.25, -0.2) is 9.98 Å². The highest BCUT2D eigenvalue weighted by molar-refractivity contribution is 14.0. The zero-order valence-corrected chi connectivity index (χ0v) is 17.6. The molecule has 3 N–H and O–H groups in total. The van der Waals surface area contributed by atoms with Crippen LogP contribution < -0.4 is 11.1 Å². The summed E-state index contributed by atoms with van der Waals surface area (Å²) in [5.41, 5.74) is 8.34. The van der Waals surface area contributed by atoms with Gasteiger partial charge in [0.25, 0.3) is 0 Å². The van der Waals surface area contributed by atoms with Crippen LogP contribution in [0, 0.1) is 6.92 Å². The number of nitrogens with two attached hydrogens (primary N) is 1. The summed E-state index contributed by atoms with van der Waals surface area (Å²) >= 11 is 0. The highest BCUT2D eigenvalue weighted by Crippen LogP contribution is 2.09. The van der Waals surface area contributed by atoms with Crippen LogP contribution in [0.4, 0.5) is 0 Å². The van der Waals surface area contributed by atoms with E-state index in [2.05, 4.69) is 51.0 Å². The third-order valence-electron chi connectivity index (χ3n) is 4.04. The first-order valence-electron chi connectivity index (χ1n) is 8.78. The van der Waals surface area contributed by atoms with Gasteiger partial charge in [0.05, 0.1) is 6.54 Å². The summed E-state index contributed by atoms with van der Waals surface area (Å²) in [4.78, 5) is 8.69. The third-order valence-corrected chi connectivity index (χ3v) is 4.04. The number of aliphatic imine (C=N–C) groups is 1. The molecule has 1 aromatic carbocycles. The van der Waals surface area contributed by atoms with Crippen LogP contribution in [0.2, 0.25) is 0 Å². The van der Waals surface area contributed by atoms with Crippen molar-refractivity contribution >= 4 is 29.9 Å². The molecule has 1 aromatic heterocycles. The molecule has 0 atom stereocenters. The minimum absolute atomic E-state index is 0. The van der Waals surface area contributed by atoms with Gasteiger partial charge < -0.3 is 15.6 Å². The van der Waals surface area contributed by atoms with Gasteiger partial charge in [-0.05, 0) is 24.5 Å². The summed E-state index contributed by atoms with van der Waals surface area (Å²) in [6.07, 6.45) is 8.74. The molecule has 25 heavy (non-hydrogen) atoms. The lowest BCUT2D eigenvalue weighted by molar-refractivity contribution is 0.652. The molecule has 0 fully saturated rings. The van der Waals surface area contributed by atoms with Gasteiger partial charge in [0.2, 0.25) is 0 Å². The Morgan fingerprint density at radius 2 is 2.04 bits per heavy atom. The van der Waals surface area contributed by atoms with Crippen LogP contribution in [0.5, 0.6) is 0 Å². The Bertz CT molecular complexity index is 651. The van der Waals surface area contributed by atoms with Crippen LogP contribution in [-0.2, 0) is 13.1 Å². The van der Waals surface area contributed by atoms with Gasteiger partial charge in [0.1, 0.15) is 5.82 Å². The van der Waals surface area contributed by atoms with E-state index in [-0.39, 0.29) is 24.0 Å². The molecule has 0 aliphatic carbocycles. The summed E-state index contributed by atoms with van der Waals surface area (Å²) in [7, 11) is 0. The summed E-state index contributed by atoms with van der Waals surface area (Å²) in [5.74, 6) is 1.55. The van der Waals surface area contributed by atoms with E-state index in [0.717, 1.165) is 25.3 Å². The SMILES string of the molecule is CCCCCCNC(N)=NCc1cccc(Cn2ccnc2C)c1.I. The second-order valence-corrected chi connectivity index (χ2v) is 6.11. The number of nitrogens with zero attached hydrogens (tertiary/aromatic N) is 3. The van der Waals surface area contributed by atoms with Gasteiger partial charge in [0.15, 0.2) is 5.96 Å². The number of halogens is 1. The molecule has 0 aliphatic rings. The van der Waals surface area contributed by atoms with E-state index in [0.29, 0.717) is 12.5 Å². The lowest BCUT2D eigenvalue weighted by Crippen LogP contribution is -2.32. The van der Waals surface area contributed by atoms with Gasteiger partial charge in [-0.2, -0.15) is 0 Å². The molecule has 0 saturated heterocycles. The lowest BCUT2D eigenvalue weighted by atomic mass is 10.1. The molecule has 0 aliphatic heterocycles. The molecule has 6 heteroatoms. The first kappa shape index (κ1) is 21.5. The number of benzene rings is 1. The lowest BCUT2D eigenvalue weighted by Gasteiger charge is -2.08. The van der Waals surface area contributed by atoms with E-state index in [1.54, 1.807) is 0 Å². The topological polar surface area (TPSA) is 68.2 Å². The number of hydrogen-bond acceptors (Lipinski definition) is 2. The molecular formula is C19H30IN5. The van der Waals surface area contributed by atoms with Crippen LogP contribution in [0.25, 0.3) is 0 Å². The van der Waals surface area contributed by atoms with E-state index in [1.165, 1.54) is 30.4 Å². The summed E-state index contributed by atoms with van der Waals surface area (Å²) in [6, 6.07) is 8.46. The predicted octanol–water partition coefficient (Wildman–Crippen LogP) is 3.84. The maximum absolute atomic E-state index is 5.93. The molecule has 0 spiro atoms. The molecule has 5 nitrogen and oxygen atoms in total. The Morgan fingerprint density at radius 3 is 2.76 bits per heavy atom. The largest absolute Gasteiger partial charge is 0.370 e. The fourth-order valence-corrected chi connectivity index (χ4v) is 2.59. The zero-order chi connectivity index (χ0) is 17.2. The Labute approximate surface area is 168 Å². The van der Waals surface area contributed by atoms with Gasteiger partial charge >= 0.3 is 0 Å². The molecule has 1 heterocycles. The van der Waals surface area contributed by atoms with Crippen molar-refractivity contribution in [1.29, 1.82) is 0 Å². The summed E-state index contributed by atoms with van der Waals surface area (Å²) < 4.78 is 2.13. The molecule has 2 rings (SSSR count). The van der Waals surface area contributed by atoms with Crippen LogP contribution in [0.3, 0.4) is 0 Å². The van der Waals surface area contributed by atoms with Gasteiger partial charge in [-0.1, -0.05) is 50.5 Å². The normalized spacial score (nSPS) is 11.2. The third kappa shape index (κ3) is 7.90. The molecule has 0 bridgehead atoms. The van der Waals surface area contributed by atoms with Crippen molar-refractivity contribution < 1.29 is 0 Å². The molecule has 0 amide bonds. The Kier molecular flexibility index (Phi) is 10.2. The van der Waals surface area contributed by atoms with Crippen LogP contribution in [-0.4, -0.2) is 22.1 Å². The van der Waals surface area contributed by atoms with Crippen LogP contribution >= 0.6 is 24.0 Å². The fourth-order valence-electron chi connectivity index (χ4n) is 2.59. The van der Waals surface area contributed by atoms with E-state index < -0.39 is 0 Å². The molecule has 2 aromatic rings. The fraction of sp³-hybridized carbons (Fsp3) is 0.474. The van der Waals surface area contributed by atoms with Crippen LogP contribution in [0.1, 0.15) is 49.6 Å². The monoisotopic (exact) mass is 455 g/mol. The van der Waals surface area contributed by atoms with Crippen molar-refractivity contribution in [1.82, 2.24) is 14.9 Å². The maximum Gasteiger partial charge on any atom is 0.188 e. The Balaban J connectivity index is 0.00000312. The number of hydrogen-bond donors (Lipinski definition) is 2. The standard InChI is InChI=1S/C19H29N5.HI/c1-3-4-5-6-10-22-19(20)23-14-17-8-7-9-18(13-17)15-24-12-11-21-16(24)2;/h7-9,11-13H,3-6,10,14-15H2,1-2H3,(H3,20,22,23);1H. The summed E-state index contributed by atoms with van der Waals surface area (Å²) in [6.45, 7) is 6.56. The number of unbranched alkanes of at least 4 members (excludes halogenated alkanes) is 3. The first-order chi connectivity index (χ1) is 11.7. The van der Waals surface area contributed by atoms with Gasteiger partial charge in [-0.15, -0.1) is 24.0 Å². The first-order valence-corrected chi connectivity index (χ1v) is 8.78. The highest BCUT2D eigenvalue weighted by Gasteiger charge is 2.00. The number of imidazole rings is 1. The molecule has 0 radical (unpaired) electrons. The second-order valence-electron chi connectivity index (χ2n) is 6.11. The zero-order valence-electron chi connectivity index (χ0n) is 15.2. The number of nitrogens with one attached hydrogen (secondary N) is 1. The van der Waals surface area contributed by atoms with Crippen LogP contribution in [0.15, 0.2) is 41.7 Å². The van der Waals surface area contributed by atoms with Crippen molar-refractivity contribution in [2.24, 2.45) is 10.7 Å². The Morgan fingerprint density at radius 1 is 1.24 bits per heavy atom. The number of aryl methyl sites for hydroxylation is 1. The average Bonchev–Trinajstić information content (AvgIpc) is 2.98. The molecule has 0 unspecified atom stereocenters. The smallest absolute Gasteiger partial charge is 0.188 e. The number of rotatable bonds is 9. The van der Waals surface area contributed by atoms with E-state index in [1.807, 2.05) is 19.3 Å². The highest BCUT2D eigenvalue weighted by atomic mass is 127. The molecular weight excluding hydrogens is 425 g/mol. The second kappa shape index (κ2) is 11.9. The minimum atomic E-state index is 0. The van der Waals surface area contributed by atoms with Crippen molar-refractivity contribution in [3.05, 3.63) is 53.6 Å². The quantitative estimate of drug-likeness (QED) is 0.261. The van der Waals surface area contributed by atoms with Crippen molar-refractivity contribution in [2.75, 3.05) is 6.54 Å². The number of guanidine groups is 1. The van der Waals surface area contributed by atoms with E-state index in [4.69, 9.17) is 5.73 Å². The minimum Gasteiger partial charge on any atom is -0.370 e. The van der Waals surface area contributed by atoms with Crippen molar-refractivity contribution in [3.8, 4) is 0 Å². The van der Waals surface area contributed by atoms with E-state index >= 15 is 0 Å². The van der Waals surface area contributed by atoms with E-state index in [9.17, 15) is 0 Å². The van der Waals surface area contributed by atoms with Crippen molar-refractivity contribution in [3.63, 3.8) is 0 Å². The molecule has 0 saturated carbocycles. The maximum atomic E-state index is 5.93. The van der Waals surface area contributed by atoms with Crippen molar-refractivity contribution in [2.45, 2.75) is 52.6 Å². The Hall–Kier alpha value is -1.57. The molecule has 138 valence electrons. The summed E-state index contributed by atoms with van der Waals surface area (Å²) in [5, 5.41) is 3.19. The van der Waals surface area contributed by atoms with Gasteiger partial charge in [0, 0.05) is 25.5 Å². The number of aromatic nitrogens is 2. The predicted molar refractivity (Wildman–Crippen MR) is 115 cm³/mol. The average molecular weight is 455 g/mol.